The molecule has 2 amide bonds. The van der Waals surface area contributed by atoms with Crippen molar-refractivity contribution in [3.05, 3.63) is 29.8 Å². The summed E-state index contributed by atoms with van der Waals surface area (Å²) < 4.78 is 0. The molecular formula is C17H25N3O2S. The van der Waals surface area contributed by atoms with Crippen molar-refractivity contribution >= 4 is 29.3 Å². The van der Waals surface area contributed by atoms with Gasteiger partial charge in [0.25, 0.3) is 0 Å². The highest BCUT2D eigenvalue weighted by atomic mass is 32.2. The highest BCUT2D eigenvalue weighted by Gasteiger charge is 2.20. The van der Waals surface area contributed by atoms with Gasteiger partial charge < -0.3 is 15.1 Å². The second kappa shape index (κ2) is 8.93. The fraction of sp³-hybridized carbons (Fsp3) is 0.529. The third kappa shape index (κ3) is 5.88. The predicted octanol–water partition coefficient (Wildman–Crippen LogP) is 1.83. The van der Waals surface area contributed by atoms with Gasteiger partial charge >= 0.3 is 0 Å². The molecule has 0 atom stereocenters. The number of hydrogen-bond donors (Lipinski definition) is 1. The van der Waals surface area contributed by atoms with E-state index >= 15 is 0 Å². The van der Waals surface area contributed by atoms with Gasteiger partial charge in [0, 0.05) is 31.9 Å². The Hall–Kier alpha value is -1.53. The second-order valence-corrected chi connectivity index (χ2v) is 6.71. The van der Waals surface area contributed by atoms with Crippen LogP contribution in [-0.4, -0.2) is 65.8 Å². The molecule has 23 heavy (non-hydrogen) atoms. The molecule has 0 bridgehead atoms. The third-order valence-electron chi connectivity index (χ3n) is 3.93. The lowest BCUT2D eigenvalue weighted by Crippen LogP contribution is -2.49. The van der Waals surface area contributed by atoms with Crippen LogP contribution in [0.15, 0.2) is 24.3 Å². The number of carbonyl (C=O) groups is 2. The largest absolute Gasteiger partial charge is 0.339 e. The van der Waals surface area contributed by atoms with Crippen LogP contribution in [0.3, 0.4) is 0 Å². The van der Waals surface area contributed by atoms with Crippen LogP contribution in [0.1, 0.15) is 12.5 Å². The van der Waals surface area contributed by atoms with E-state index in [1.807, 2.05) is 36.1 Å². The summed E-state index contributed by atoms with van der Waals surface area (Å²) in [5.41, 5.74) is 1.91. The lowest BCUT2D eigenvalue weighted by molar-refractivity contribution is -0.130. The van der Waals surface area contributed by atoms with Crippen LogP contribution in [0, 0.1) is 6.92 Å². The molecule has 1 aliphatic heterocycles. The maximum Gasteiger partial charge on any atom is 0.234 e. The molecule has 1 saturated heterocycles. The van der Waals surface area contributed by atoms with Gasteiger partial charge in [-0.15, -0.1) is 11.8 Å². The van der Waals surface area contributed by atoms with E-state index in [1.54, 1.807) is 0 Å². The quantitative estimate of drug-likeness (QED) is 0.862. The number of carbonyl (C=O) groups excluding carboxylic acids is 2. The summed E-state index contributed by atoms with van der Waals surface area (Å²) in [6.45, 7) is 8.64. The highest BCUT2D eigenvalue weighted by Crippen LogP contribution is 2.11. The molecule has 1 aromatic rings. The normalized spacial score (nSPS) is 15.5. The summed E-state index contributed by atoms with van der Waals surface area (Å²) in [4.78, 5) is 28.3. The van der Waals surface area contributed by atoms with E-state index < -0.39 is 0 Å². The fourth-order valence-electron chi connectivity index (χ4n) is 2.56. The number of rotatable bonds is 6. The van der Waals surface area contributed by atoms with Gasteiger partial charge in [-0.05, 0) is 31.2 Å². The Kier molecular flexibility index (Phi) is 6.92. The summed E-state index contributed by atoms with van der Waals surface area (Å²) in [6.07, 6.45) is 0. The van der Waals surface area contributed by atoms with Crippen molar-refractivity contribution in [2.75, 3.05) is 49.5 Å². The van der Waals surface area contributed by atoms with Gasteiger partial charge in [0.1, 0.15) is 0 Å². The van der Waals surface area contributed by atoms with Crippen LogP contribution in [0.5, 0.6) is 0 Å². The van der Waals surface area contributed by atoms with E-state index in [4.69, 9.17) is 0 Å². The average Bonchev–Trinajstić information content (AvgIpc) is 2.55. The van der Waals surface area contributed by atoms with Crippen LogP contribution in [0.25, 0.3) is 0 Å². The third-order valence-corrected chi connectivity index (χ3v) is 4.85. The minimum absolute atomic E-state index is 0.0656. The molecule has 2 rings (SSSR count). The molecule has 1 heterocycles. The number of aryl methyl sites for hydroxylation is 1. The van der Waals surface area contributed by atoms with Crippen LogP contribution < -0.4 is 5.32 Å². The van der Waals surface area contributed by atoms with Crippen LogP contribution in [0.2, 0.25) is 0 Å². The molecule has 1 fully saturated rings. The Morgan fingerprint density at radius 3 is 2.57 bits per heavy atom. The number of likely N-dealkylation sites (N-methyl/N-ethyl adjacent to an activating group) is 1. The molecule has 1 N–H and O–H groups in total. The minimum atomic E-state index is -0.0656. The number of amides is 2. The zero-order chi connectivity index (χ0) is 16.7. The first-order valence-corrected chi connectivity index (χ1v) is 9.18. The first-order valence-electron chi connectivity index (χ1n) is 8.03. The number of benzene rings is 1. The van der Waals surface area contributed by atoms with Gasteiger partial charge in [-0.3, -0.25) is 9.59 Å². The summed E-state index contributed by atoms with van der Waals surface area (Å²) >= 11 is 1.38. The zero-order valence-electron chi connectivity index (χ0n) is 13.9. The Bertz CT molecular complexity index is 542. The maximum absolute atomic E-state index is 12.1. The smallest absolute Gasteiger partial charge is 0.234 e. The number of nitrogens with one attached hydrogen (secondary N) is 1. The number of thioether (sulfide) groups is 1. The van der Waals surface area contributed by atoms with Gasteiger partial charge in [-0.2, -0.15) is 0 Å². The van der Waals surface area contributed by atoms with E-state index in [9.17, 15) is 9.59 Å². The standard InChI is InChI=1S/C17H25N3O2S/c1-3-19-7-9-20(10-8-19)17(22)13-23-12-16(21)18-15-6-4-5-14(2)11-15/h4-6,11H,3,7-10,12-13H2,1-2H3,(H,18,21). The van der Waals surface area contributed by atoms with Gasteiger partial charge in [0.2, 0.25) is 11.8 Å². The molecule has 0 aliphatic carbocycles. The Labute approximate surface area is 142 Å². The van der Waals surface area contributed by atoms with E-state index in [1.165, 1.54) is 11.8 Å². The molecule has 1 aromatic carbocycles. The molecule has 0 spiro atoms. The van der Waals surface area contributed by atoms with Gasteiger partial charge in [0.15, 0.2) is 0 Å². The summed E-state index contributed by atoms with van der Waals surface area (Å²) in [5.74, 6) is 0.737. The molecule has 0 saturated carbocycles. The van der Waals surface area contributed by atoms with Gasteiger partial charge in [-0.1, -0.05) is 19.1 Å². The molecule has 6 heteroatoms. The van der Waals surface area contributed by atoms with E-state index in [0.29, 0.717) is 11.5 Å². The number of anilines is 1. The van der Waals surface area contributed by atoms with Crippen LogP contribution >= 0.6 is 11.8 Å². The van der Waals surface area contributed by atoms with Crippen molar-refractivity contribution in [2.24, 2.45) is 0 Å². The lowest BCUT2D eigenvalue weighted by atomic mass is 10.2. The predicted molar refractivity (Wildman–Crippen MR) is 95.8 cm³/mol. The summed E-state index contributed by atoms with van der Waals surface area (Å²) in [7, 11) is 0. The Balaban J connectivity index is 1.66. The monoisotopic (exact) mass is 335 g/mol. The molecule has 0 unspecified atom stereocenters. The van der Waals surface area contributed by atoms with Crippen molar-refractivity contribution in [1.82, 2.24) is 9.80 Å². The van der Waals surface area contributed by atoms with Gasteiger partial charge in [0.05, 0.1) is 11.5 Å². The van der Waals surface area contributed by atoms with E-state index in [-0.39, 0.29) is 11.8 Å². The van der Waals surface area contributed by atoms with E-state index in [0.717, 1.165) is 44.0 Å². The van der Waals surface area contributed by atoms with Gasteiger partial charge in [-0.25, -0.2) is 0 Å². The SMILES string of the molecule is CCN1CCN(C(=O)CSCC(=O)Nc2cccc(C)c2)CC1. The van der Waals surface area contributed by atoms with Crippen molar-refractivity contribution in [1.29, 1.82) is 0 Å². The summed E-state index contributed by atoms with van der Waals surface area (Å²) in [5, 5.41) is 2.86. The average molecular weight is 335 g/mol. The maximum atomic E-state index is 12.1. The Morgan fingerprint density at radius 1 is 1.17 bits per heavy atom. The lowest BCUT2D eigenvalue weighted by Gasteiger charge is -2.34. The first-order chi connectivity index (χ1) is 11.1. The summed E-state index contributed by atoms with van der Waals surface area (Å²) in [6, 6.07) is 7.70. The van der Waals surface area contributed by atoms with Crippen molar-refractivity contribution in [2.45, 2.75) is 13.8 Å². The number of piperazine rings is 1. The van der Waals surface area contributed by atoms with Crippen molar-refractivity contribution < 1.29 is 9.59 Å². The van der Waals surface area contributed by atoms with Crippen LogP contribution in [-0.2, 0) is 9.59 Å². The Morgan fingerprint density at radius 2 is 1.91 bits per heavy atom. The minimum Gasteiger partial charge on any atom is -0.339 e. The first kappa shape index (κ1) is 17.8. The molecule has 126 valence electrons. The molecule has 0 aromatic heterocycles. The second-order valence-electron chi connectivity index (χ2n) is 5.73. The molecule has 0 radical (unpaired) electrons. The molecular weight excluding hydrogens is 310 g/mol. The zero-order valence-corrected chi connectivity index (χ0v) is 14.7. The fourth-order valence-corrected chi connectivity index (χ4v) is 3.27. The van der Waals surface area contributed by atoms with Crippen molar-refractivity contribution in [3.8, 4) is 0 Å². The number of hydrogen-bond acceptors (Lipinski definition) is 4. The van der Waals surface area contributed by atoms with Crippen molar-refractivity contribution in [3.63, 3.8) is 0 Å². The van der Waals surface area contributed by atoms with E-state index in [2.05, 4.69) is 17.1 Å². The molecule has 1 aliphatic rings. The van der Waals surface area contributed by atoms with Crippen LogP contribution in [0.4, 0.5) is 5.69 Å². The topological polar surface area (TPSA) is 52.7 Å². The molecule has 5 nitrogen and oxygen atoms in total. The highest BCUT2D eigenvalue weighted by molar-refractivity contribution is 8.00. The number of nitrogens with zero attached hydrogens (tertiary/aromatic N) is 2.